The number of ether oxygens (including phenoxy) is 2. The molecule has 0 saturated heterocycles. The Kier molecular flexibility index (Phi) is 8.89. The highest BCUT2D eigenvalue weighted by atomic mass is 35.5. The van der Waals surface area contributed by atoms with Gasteiger partial charge in [-0.25, -0.2) is 13.2 Å². The minimum absolute atomic E-state index is 0.0614. The summed E-state index contributed by atoms with van der Waals surface area (Å²) >= 11 is 5.93. The summed E-state index contributed by atoms with van der Waals surface area (Å²) in [5, 5.41) is 22.5. The van der Waals surface area contributed by atoms with Crippen molar-refractivity contribution in [3.8, 4) is 11.5 Å². The topological polar surface area (TPSA) is 122 Å². The van der Waals surface area contributed by atoms with Crippen LogP contribution in [0.15, 0.2) is 82.6 Å². The molecule has 8 nitrogen and oxygen atoms in total. The molecular weight excluding hydrogens is 482 g/mol. The number of hydrogen-bond acceptors (Lipinski definition) is 7. The number of sulfone groups is 1. The van der Waals surface area contributed by atoms with E-state index in [-0.39, 0.29) is 15.5 Å². The van der Waals surface area contributed by atoms with Gasteiger partial charge in [0.1, 0.15) is 18.1 Å². The Hall–Kier alpha value is -3.11. The number of nitrogens with one attached hydrogen (secondary N) is 1. The molecule has 34 heavy (non-hydrogen) atoms. The lowest BCUT2D eigenvalue weighted by Gasteiger charge is -2.13. The monoisotopic (exact) mass is 505 g/mol. The van der Waals surface area contributed by atoms with Gasteiger partial charge in [0.25, 0.3) is 0 Å². The van der Waals surface area contributed by atoms with Crippen molar-refractivity contribution in [2.24, 2.45) is 0 Å². The first-order chi connectivity index (χ1) is 16.3. The molecule has 0 aliphatic carbocycles. The predicted molar refractivity (Wildman–Crippen MR) is 126 cm³/mol. The minimum Gasteiger partial charge on any atom is -0.492 e. The van der Waals surface area contributed by atoms with Crippen LogP contribution in [0, 0.1) is 0 Å². The molecule has 0 heterocycles. The largest absolute Gasteiger partial charge is 0.492 e. The standard InChI is InChI=1S/C24H24ClNO7S/c25-18-3-1-2-17(14-18)23(27)15-26-12-13-32-19-4-8-21(9-5-19)34(30,31)22-10-6-20(7-11-22)33-16-24(28)29/h1-11,14,23,26-27H,12-13,15-16H2,(H,28,29)/t23-/m1/s1. The lowest BCUT2D eigenvalue weighted by molar-refractivity contribution is -0.139. The van der Waals surface area contributed by atoms with Gasteiger partial charge in [0, 0.05) is 18.1 Å². The Morgan fingerprint density at radius 2 is 1.53 bits per heavy atom. The van der Waals surface area contributed by atoms with Crippen LogP contribution in [0.3, 0.4) is 0 Å². The summed E-state index contributed by atoms with van der Waals surface area (Å²) in [4.78, 5) is 10.7. The summed E-state index contributed by atoms with van der Waals surface area (Å²) in [6, 6.07) is 18.6. The Bertz CT molecular complexity index is 1200. The van der Waals surface area contributed by atoms with E-state index in [4.69, 9.17) is 26.2 Å². The van der Waals surface area contributed by atoms with Gasteiger partial charge in [0.15, 0.2) is 6.61 Å². The number of carbonyl (C=O) groups is 1. The molecule has 0 spiro atoms. The fraction of sp³-hybridized carbons (Fsp3) is 0.208. The maximum absolute atomic E-state index is 12.8. The average Bonchev–Trinajstić information content (AvgIpc) is 2.83. The third kappa shape index (κ3) is 7.19. The first-order valence-corrected chi connectivity index (χ1v) is 12.2. The summed E-state index contributed by atoms with van der Waals surface area (Å²) in [5.74, 6) is -0.350. The highest BCUT2D eigenvalue weighted by molar-refractivity contribution is 7.91. The zero-order valence-corrected chi connectivity index (χ0v) is 19.6. The molecule has 0 fully saturated rings. The van der Waals surface area contributed by atoms with Crippen molar-refractivity contribution >= 4 is 27.4 Å². The Labute approximate surface area is 202 Å². The molecular formula is C24H24ClNO7S. The number of aliphatic hydroxyl groups excluding tert-OH is 1. The Morgan fingerprint density at radius 3 is 2.09 bits per heavy atom. The van der Waals surface area contributed by atoms with Crippen molar-refractivity contribution in [3.63, 3.8) is 0 Å². The number of aliphatic hydroxyl groups is 1. The number of hydrogen-bond donors (Lipinski definition) is 3. The van der Waals surface area contributed by atoms with Gasteiger partial charge < -0.3 is 25.0 Å². The van der Waals surface area contributed by atoms with E-state index >= 15 is 0 Å². The minimum atomic E-state index is -3.75. The van der Waals surface area contributed by atoms with Gasteiger partial charge in [-0.05, 0) is 66.2 Å². The van der Waals surface area contributed by atoms with Crippen molar-refractivity contribution < 1.29 is 32.9 Å². The molecule has 3 rings (SSSR count). The zero-order valence-electron chi connectivity index (χ0n) is 18.1. The SMILES string of the molecule is O=C(O)COc1ccc(S(=O)(=O)c2ccc(OCCNC[C@@H](O)c3cccc(Cl)c3)cc2)cc1. The van der Waals surface area contributed by atoms with Gasteiger partial charge >= 0.3 is 5.97 Å². The van der Waals surface area contributed by atoms with Crippen molar-refractivity contribution in [1.82, 2.24) is 5.32 Å². The lowest BCUT2D eigenvalue weighted by atomic mass is 10.1. The fourth-order valence-corrected chi connectivity index (χ4v) is 4.48. The normalized spacial score (nSPS) is 12.2. The number of aliphatic carboxylic acids is 1. The highest BCUT2D eigenvalue weighted by Crippen LogP contribution is 2.25. The van der Waals surface area contributed by atoms with Crippen LogP contribution in [0.2, 0.25) is 5.02 Å². The van der Waals surface area contributed by atoms with Crippen LogP contribution < -0.4 is 14.8 Å². The van der Waals surface area contributed by atoms with Crippen LogP contribution >= 0.6 is 11.6 Å². The molecule has 0 aliphatic heterocycles. The maximum atomic E-state index is 12.8. The highest BCUT2D eigenvalue weighted by Gasteiger charge is 2.18. The molecule has 0 amide bonds. The third-order valence-corrected chi connectivity index (χ3v) is 6.77. The van der Waals surface area contributed by atoms with Gasteiger partial charge in [-0.1, -0.05) is 23.7 Å². The predicted octanol–water partition coefficient (Wildman–Crippen LogP) is 3.34. The summed E-state index contributed by atoms with van der Waals surface area (Å²) in [5.41, 5.74) is 0.722. The Balaban J connectivity index is 1.48. The van der Waals surface area contributed by atoms with E-state index < -0.39 is 28.5 Å². The van der Waals surface area contributed by atoms with Crippen molar-refractivity contribution in [3.05, 3.63) is 83.4 Å². The maximum Gasteiger partial charge on any atom is 0.341 e. The van der Waals surface area contributed by atoms with Crippen molar-refractivity contribution in [1.29, 1.82) is 0 Å². The second kappa shape index (κ2) is 11.8. The van der Waals surface area contributed by atoms with Crippen LogP contribution in [0.1, 0.15) is 11.7 Å². The van der Waals surface area contributed by atoms with Crippen molar-refractivity contribution in [2.45, 2.75) is 15.9 Å². The quantitative estimate of drug-likeness (QED) is 0.320. The van der Waals surface area contributed by atoms with Crippen LogP contribution in [0.25, 0.3) is 0 Å². The Morgan fingerprint density at radius 1 is 0.941 bits per heavy atom. The molecule has 0 bridgehead atoms. The first-order valence-electron chi connectivity index (χ1n) is 10.3. The summed E-state index contributed by atoms with van der Waals surface area (Å²) in [7, 11) is -3.75. The molecule has 0 aliphatic rings. The lowest BCUT2D eigenvalue weighted by Crippen LogP contribution is -2.26. The van der Waals surface area contributed by atoms with E-state index in [1.54, 1.807) is 36.4 Å². The van der Waals surface area contributed by atoms with E-state index in [0.717, 1.165) is 5.56 Å². The smallest absolute Gasteiger partial charge is 0.341 e. The molecule has 10 heteroatoms. The molecule has 3 N–H and O–H groups in total. The summed E-state index contributed by atoms with van der Waals surface area (Å²) in [6.45, 7) is 0.632. The van der Waals surface area contributed by atoms with Crippen LogP contribution in [0.5, 0.6) is 11.5 Å². The second-order valence-electron chi connectivity index (χ2n) is 7.25. The number of carboxylic acids is 1. The number of halogens is 1. The summed E-state index contributed by atoms with van der Waals surface area (Å²) in [6.07, 6.45) is -0.694. The molecule has 1 atom stereocenters. The second-order valence-corrected chi connectivity index (χ2v) is 9.64. The van der Waals surface area contributed by atoms with E-state index in [0.29, 0.717) is 30.5 Å². The van der Waals surface area contributed by atoms with Crippen LogP contribution in [-0.2, 0) is 14.6 Å². The van der Waals surface area contributed by atoms with E-state index in [9.17, 15) is 18.3 Å². The van der Waals surface area contributed by atoms with E-state index in [2.05, 4.69) is 5.32 Å². The molecule has 180 valence electrons. The van der Waals surface area contributed by atoms with Crippen LogP contribution in [0.4, 0.5) is 0 Å². The van der Waals surface area contributed by atoms with Crippen LogP contribution in [-0.4, -0.2) is 50.9 Å². The van der Waals surface area contributed by atoms with Gasteiger partial charge in [-0.2, -0.15) is 0 Å². The number of carboxylic acid groups (broad SMARTS) is 1. The molecule has 0 saturated carbocycles. The summed E-state index contributed by atoms with van der Waals surface area (Å²) < 4.78 is 36.3. The molecule has 3 aromatic rings. The van der Waals surface area contributed by atoms with Gasteiger partial charge in [0.2, 0.25) is 9.84 Å². The van der Waals surface area contributed by atoms with E-state index in [1.165, 1.54) is 36.4 Å². The fourth-order valence-electron chi connectivity index (χ4n) is 3.02. The molecule has 3 aromatic carbocycles. The number of rotatable bonds is 12. The van der Waals surface area contributed by atoms with Gasteiger partial charge in [-0.3, -0.25) is 0 Å². The van der Waals surface area contributed by atoms with Crippen molar-refractivity contribution in [2.75, 3.05) is 26.3 Å². The zero-order chi connectivity index (χ0) is 24.6. The third-order valence-electron chi connectivity index (χ3n) is 4.75. The molecule has 0 aromatic heterocycles. The van der Waals surface area contributed by atoms with E-state index in [1.807, 2.05) is 0 Å². The van der Waals surface area contributed by atoms with Gasteiger partial charge in [-0.15, -0.1) is 0 Å². The first kappa shape index (κ1) is 25.5. The van der Waals surface area contributed by atoms with Gasteiger partial charge in [0.05, 0.1) is 15.9 Å². The average molecular weight is 506 g/mol. The molecule has 0 radical (unpaired) electrons. The number of benzene rings is 3. The molecule has 0 unspecified atom stereocenters.